The van der Waals surface area contributed by atoms with Crippen molar-refractivity contribution in [2.45, 2.75) is 44.8 Å². The normalized spacial score (nSPS) is 23.9. The number of rotatable bonds is 9. The number of anilines is 1. The van der Waals surface area contributed by atoms with Gasteiger partial charge in [0.15, 0.2) is 5.82 Å². The van der Waals surface area contributed by atoms with Crippen LogP contribution >= 0.6 is 0 Å². The molecular formula is C37H37N9O3. The average molecular weight is 656 g/mol. The molecule has 0 bridgehead atoms. The Balaban J connectivity index is 1.08. The van der Waals surface area contributed by atoms with Crippen LogP contribution in [0.5, 0.6) is 11.6 Å². The van der Waals surface area contributed by atoms with Crippen molar-refractivity contribution in [1.29, 1.82) is 5.26 Å². The molecule has 1 aromatic carbocycles. The summed E-state index contributed by atoms with van der Waals surface area (Å²) in [5.74, 6) is 5.88. The van der Waals surface area contributed by atoms with Crippen molar-refractivity contribution in [2.75, 3.05) is 38.8 Å². The molecule has 4 aromatic heterocycles. The topological polar surface area (TPSA) is 127 Å². The van der Waals surface area contributed by atoms with Gasteiger partial charge in [-0.3, -0.25) is 4.79 Å². The van der Waals surface area contributed by atoms with Gasteiger partial charge in [-0.25, -0.2) is 15.0 Å². The van der Waals surface area contributed by atoms with E-state index in [0.29, 0.717) is 58.9 Å². The van der Waals surface area contributed by atoms with Gasteiger partial charge in [0.05, 0.1) is 31.6 Å². The van der Waals surface area contributed by atoms with Gasteiger partial charge >= 0.3 is 0 Å². The molecule has 5 fully saturated rings. The van der Waals surface area contributed by atoms with Gasteiger partial charge in [0.25, 0.3) is 5.91 Å². The Morgan fingerprint density at radius 3 is 2.59 bits per heavy atom. The summed E-state index contributed by atoms with van der Waals surface area (Å²) in [5, 5.41) is 10.7. The zero-order valence-electron chi connectivity index (χ0n) is 27.6. The molecule has 49 heavy (non-hydrogen) atoms. The van der Waals surface area contributed by atoms with Crippen LogP contribution in [0.2, 0.25) is 0 Å². The van der Waals surface area contributed by atoms with Gasteiger partial charge in [0.1, 0.15) is 40.7 Å². The first kappa shape index (κ1) is 28.8. The van der Waals surface area contributed by atoms with Crippen LogP contribution in [0.15, 0.2) is 42.9 Å². The third-order valence-corrected chi connectivity index (χ3v) is 11.9. The lowest BCUT2D eigenvalue weighted by Gasteiger charge is -2.52. The number of nitriles is 1. The quantitative estimate of drug-likeness (QED) is 0.221. The standard InChI is InChI=1S/C37H37N9O3/c1-48-30-11-24(37(47)45-18-25-7-23-10-28(45)32(23)25)8-27-33(30)46(17-21-14-43(15-21)34-26(12-38)13-39-19-40-34)36(41-27)29-9-22-5-6-31(49-2)42-35(22)44(29)16-20-3-4-20/h5-6,8-9,11,13,19-21,23,25,28,32H,3-4,7,10,14-18H2,1-2H3/t23?,25?,28?,32-/m1/s1. The Bertz CT molecular complexity index is 2210. The van der Waals surface area contributed by atoms with Crippen LogP contribution in [-0.2, 0) is 13.1 Å². The highest BCUT2D eigenvalue weighted by molar-refractivity contribution is 6.00. The van der Waals surface area contributed by atoms with Crippen molar-refractivity contribution in [2.24, 2.45) is 29.6 Å². The zero-order valence-corrected chi connectivity index (χ0v) is 27.6. The summed E-state index contributed by atoms with van der Waals surface area (Å²) in [4.78, 5) is 37.0. The Labute approximate surface area is 283 Å². The number of ether oxygens (including phenoxy) is 2. The molecule has 2 aliphatic heterocycles. The lowest BCUT2D eigenvalue weighted by atomic mass is 9.53. The third kappa shape index (κ3) is 4.37. The van der Waals surface area contributed by atoms with Gasteiger partial charge in [0.2, 0.25) is 5.88 Å². The van der Waals surface area contributed by atoms with Crippen molar-refractivity contribution in [3.8, 4) is 29.2 Å². The van der Waals surface area contributed by atoms with E-state index in [1.54, 1.807) is 20.4 Å². The van der Waals surface area contributed by atoms with Crippen LogP contribution in [0.1, 0.15) is 41.6 Å². The fourth-order valence-corrected chi connectivity index (χ4v) is 9.17. The molecule has 4 atom stereocenters. The number of nitrogens with zero attached hydrogens (tertiary/aromatic N) is 9. The van der Waals surface area contributed by atoms with Crippen molar-refractivity contribution >= 4 is 33.8 Å². The number of likely N-dealkylation sites (tertiary alicyclic amines) is 1. The number of hydrogen-bond donors (Lipinski definition) is 0. The number of aromatic nitrogens is 6. The molecule has 10 rings (SSSR count). The number of carbonyl (C=O) groups is 1. The van der Waals surface area contributed by atoms with E-state index in [1.165, 1.54) is 25.6 Å². The molecule has 3 unspecified atom stereocenters. The van der Waals surface area contributed by atoms with Crippen LogP contribution in [0.3, 0.4) is 0 Å². The number of methoxy groups -OCH3 is 2. The summed E-state index contributed by atoms with van der Waals surface area (Å²) in [6.07, 6.45) is 7.86. The van der Waals surface area contributed by atoms with E-state index in [2.05, 4.69) is 47.1 Å². The largest absolute Gasteiger partial charge is 0.494 e. The molecule has 0 radical (unpaired) electrons. The summed E-state index contributed by atoms with van der Waals surface area (Å²) in [7, 11) is 3.32. The summed E-state index contributed by atoms with van der Waals surface area (Å²) in [6.45, 7) is 3.88. The number of benzene rings is 1. The van der Waals surface area contributed by atoms with Gasteiger partial charge in [0, 0.05) is 61.7 Å². The molecule has 3 aliphatic carbocycles. The van der Waals surface area contributed by atoms with Crippen molar-refractivity contribution in [3.05, 3.63) is 54.0 Å². The van der Waals surface area contributed by atoms with Gasteiger partial charge in [-0.15, -0.1) is 0 Å². The van der Waals surface area contributed by atoms with E-state index in [4.69, 9.17) is 19.4 Å². The van der Waals surface area contributed by atoms with E-state index in [-0.39, 0.29) is 11.8 Å². The number of fused-ring (bicyclic) bond motifs is 2. The predicted octanol–water partition coefficient (Wildman–Crippen LogP) is 4.76. The highest BCUT2D eigenvalue weighted by Gasteiger charge is 2.61. The maximum atomic E-state index is 14.1. The highest BCUT2D eigenvalue weighted by Crippen LogP contribution is 2.61. The van der Waals surface area contributed by atoms with Crippen LogP contribution in [-0.4, -0.2) is 79.8 Å². The van der Waals surface area contributed by atoms with E-state index in [9.17, 15) is 10.1 Å². The lowest BCUT2D eigenvalue weighted by Crippen LogP contribution is -2.53. The smallest absolute Gasteiger partial charge is 0.254 e. The second kappa shape index (κ2) is 10.7. The Morgan fingerprint density at radius 2 is 1.84 bits per heavy atom. The highest BCUT2D eigenvalue weighted by atomic mass is 16.5. The van der Waals surface area contributed by atoms with E-state index >= 15 is 0 Å². The molecule has 0 N–H and O–H groups in total. The molecule has 12 nitrogen and oxygen atoms in total. The van der Waals surface area contributed by atoms with Gasteiger partial charge in [-0.2, -0.15) is 10.2 Å². The van der Waals surface area contributed by atoms with Crippen LogP contribution in [0, 0.1) is 40.9 Å². The molecule has 5 aliphatic rings. The molecule has 1 amide bonds. The van der Waals surface area contributed by atoms with Gasteiger partial charge < -0.3 is 28.4 Å². The average Bonchev–Trinajstić information content (AvgIpc) is 3.75. The number of carbonyl (C=O) groups excluding carboxylic acids is 1. The van der Waals surface area contributed by atoms with Gasteiger partial charge in [-0.05, 0) is 73.6 Å². The maximum absolute atomic E-state index is 14.1. The maximum Gasteiger partial charge on any atom is 0.254 e. The summed E-state index contributed by atoms with van der Waals surface area (Å²) < 4.78 is 16.2. The minimum Gasteiger partial charge on any atom is -0.494 e. The fraction of sp³-hybridized carbons (Fsp3) is 0.459. The molecular weight excluding hydrogens is 618 g/mol. The third-order valence-electron chi connectivity index (χ3n) is 11.9. The first-order valence-electron chi connectivity index (χ1n) is 17.4. The second-order valence-corrected chi connectivity index (χ2v) is 14.7. The number of imidazole rings is 1. The minimum atomic E-state index is 0.0843. The number of hydrogen-bond acceptors (Lipinski definition) is 9. The van der Waals surface area contributed by atoms with Crippen LogP contribution < -0.4 is 14.4 Å². The van der Waals surface area contributed by atoms with Gasteiger partial charge in [-0.1, -0.05) is 0 Å². The second-order valence-electron chi connectivity index (χ2n) is 14.7. The molecule has 6 heterocycles. The molecule has 0 spiro atoms. The number of pyridine rings is 1. The monoisotopic (exact) mass is 655 g/mol. The molecule has 2 saturated heterocycles. The first-order valence-corrected chi connectivity index (χ1v) is 17.4. The molecule has 3 saturated carbocycles. The minimum absolute atomic E-state index is 0.0843. The van der Waals surface area contributed by atoms with Crippen molar-refractivity contribution < 1.29 is 14.3 Å². The van der Waals surface area contributed by atoms with E-state index in [1.807, 2.05) is 18.2 Å². The summed E-state index contributed by atoms with van der Waals surface area (Å²) in [6, 6.07) is 12.6. The predicted molar refractivity (Wildman–Crippen MR) is 181 cm³/mol. The molecule has 248 valence electrons. The Kier molecular flexibility index (Phi) is 6.26. The Morgan fingerprint density at radius 1 is 0.980 bits per heavy atom. The molecule has 5 aromatic rings. The summed E-state index contributed by atoms with van der Waals surface area (Å²) >= 11 is 0. The lowest BCUT2D eigenvalue weighted by molar-refractivity contribution is -0.0204. The first-order chi connectivity index (χ1) is 24.0. The van der Waals surface area contributed by atoms with Crippen molar-refractivity contribution in [1.82, 2.24) is 34.0 Å². The number of amides is 1. The summed E-state index contributed by atoms with van der Waals surface area (Å²) in [5.41, 5.74) is 4.62. The SMILES string of the molecule is COc1ccc2cc(-c3nc4cc(C(=O)N5CC6CC7CC5[C@H]76)cc(OC)c4n3CC3CN(c4ncncc4C#N)C3)n(CC3CC3)c2n1. The van der Waals surface area contributed by atoms with E-state index in [0.717, 1.165) is 72.1 Å². The molecule has 12 heteroatoms. The fourth-order valence-electron chi connectivity index (χ4n) is 9.17. The van der Waals surface area contributed by atoms with Crippen LogP contribution in [0.4, 0.5) is 5.82 Å². The van der Waals surface area contributed by atoms with E-state index < -0.39 is 0 Å². The van der Waals surface area contributed by atoms with Crippen LogP contribution in [0.25, 0.3) is 33.6 Å². The Hall–Kier alpha value is -5.18. The zero-order chi connectivity index (χ0) is 33.0. The van der Waals surface area contributed by atoms with Crippen molar-refractivity contribution in [3.63, 3.8) is 0 Å².